The van der Waals surface area contributed by atoms with Crippen LogP contribution in [0, 0.1) is 23.2 Å². The molecule has 1 amide bonds. The molecule has 5 atom stereocenters. The van der Waals surface area contributed by atoms with Crippen molar-refractivity contribution in [1.29, 1.82) is 0 Å². The number of ether oxygens (including phenoxy) is 1. The van der Waals surface area contributed by atoms with Gasteiger partial charge in [0.05, 0.1) is 6.10 Å². The average molecular weight is 305 g/mol. The van der Waals surface area contributed by atoms with Crippen LogP contribution < -0.4 is 0 Å². The molecule has 0 heterocycles. The van der Waals surface area contributed by atoms with E-state index in [0.717, 1.165) is 18.9 Å². The number of rotatable bonds is 4. The van der Waals surface area contributed by atoms with Gasteiger partial charge in [-0.2, -0.15) is 0 Å². The van der Waals surface area contributed by atoms with Crippen molar-refractivity contribution in [2.75, 3.05) is 13.7 Å². The van der Waals surface area contributed by atoms with E-state index in [4.69, 9.17) is 4.74 Å². The van der Waals surface area contributed by atoms with Crippen LogP contribution in [0.4, 0.5) is 0 Å². The normalized spacial score (nSPS) is 41.8. The molecule has 4 rings (SSSR count). The summed E-state index contributed by atoms with van der Waals surface area (Å²) in [5, 5.41) is 0. The summed E-state index contributed by atoms with van der Waals surface area (Å²) in [6.45, 7) is 2.91. The molecule has 124 valence electrons. The van der Waals surface area contributed by atoms with Gasteiger partial charge in [-0.1, -0.05) is 19.3 Å². The molecule has 0 N–H and O–H groups in total. The van der Waals surface area contributed by atoms with E-state index in [-0.39, 0.29) is 5.41 Å². The molecule has 0 aromatic carbocycles. The quantitative estimate of drug-likeness (QED) is 0.794. The second-order valence-electron chi connectivity index (χ2n) is 8.37. The smallest absolute Gasteiger partial charge is 0.225 e. The summed E-state index contributed by atoms with van der Waals surface area (Å²) in [5.41, 5.74) is 0.290. The van der Waals surface area contributed by atoms with Crippen molar-refractivity contribution in [2.24, 2.45) is 23.2 Å². The summed E-state index contributed by atoms with van der Waals surface area (Å²) in [7, 11) is 2.08. The molecule has 2 bridgehead atoms. The molecule has 1 spiro atoms. The van der Waals surface area contributed by atoms with E-state index >= 15 is 0 Å². The van der Waals surface area contributed by atoms with Gasteiger partial charge in [0.1, 0.15) is 0 Å². The number of hydrogen-bond donors (Lipinski definition) is 0. The zero-order chi connectivity index (χ0) is 15.3. The van der Waals surface area contributed by atoms with Gasteiger partial charge in [-0.3, -0.25) is 4.79 Å². The summed E-state index contributed by atoms with van der Waals surface area (Å²) in [6.07, 6.45) is 11.8. The first-order valence-electron chi connectivity index (χ1n) is 9.54. The average Bonchev–Trinajstić information content (AvgIpc) is 3.25. The Bertz CT molecular complexity index is 443. The van der Waals surface area contributed by atoms with Gasteiger partial charge in [0.25, 0.3) is 0 Å². The molecule has 4 aliphatic carbocycles. The number of nitrogens with zero attached hydrogens (tertiary/aromatic N) is 1. The van der Waals surface area contributed by atoms with Gasteiger partial charge < -0.3 is 9.64 Å². The largest absolute Gasteiger partial charge is 0.378 e. The third-order valence-electron chi connectivity index (χ3n) is 7.51. The fourth-order valence-electron chi connectivity index (χ4n) is 6.36. The van der Waals surface area contributed by atoms with Crippen LogP contribution in [0.15, 0.2) is 0 Å². The Balaban J connectivity index is 1.46. The molecule has 0 radical (unpaired) electrons. The van der Waals surface area contributed by atoms with Gasteiger partial charge in [-0.15, -0.1) is 0 Å². The fourth-order valence-corrected chi connectivity index (χ4v) is 6.36. The summed E-state index contributed by atoms with van der Waals surface area (Å²) in [4.78, 5) is 15.2. The first-order chi connectivity index (χ1) is 10.7. The second kappa shape index (κ2) is 5.51. The predicted molar refractivity (Wildman–Crippen MR) is 86.4 cm³/mol. The maximum Gasteiger partial charge on any atom is 0.225 e. The van der Waals surface area contributed by atoms with Crippen LogP contribution >= 0.6 is 0 Å². The Morgan fingerprint density at radius 1 is 1.18 bits per heavy atom. The van der Waals surface area contributed by atoms with Crippen molar-refractivity contribution in [3.8, 4) is 0 Å². The Labute approximate surface area is 134 Å². The molecule has 3 heteroatoms. The highest BCUT2D eigenvalue weighted by Gasteiger charge is 2.59. The Morgan fingerprint density at radius 2 is 1.95 bits per heavy atom. The number of fused-ring (bicyclic) bond motifs is 2. The third kappa shape index (κ3) is 2.07. The van der Waals surface area contributed by atoms with Crippen LogP contribution in [0.1, 0.15) is 64.7 Å². The maximum absolute atomic E-state index is 13.1. The van der Waals surface area contributed by atoms with E-state index in [1.807, 2.05) is 0 Å². The van der Waals surface area contributed by atoms with Crippen molar-refractivity contribution in [3.05, 3.63) is 0 Å². The number of amides is 1. The van der Waals surface area contributed by atoms with Crippen molar-refractivity contribution in [3.63, 3.8) is 0 Å². The van der Waals surface area contributed by atoms with Gasteiger partial charge in [0, 0.05) is 31.0 Å². The van der Waals surface area contributed by atoms with Crippen molar-refractivity contribution in [2.45, 2.75) is 76.9 Å². The third-order valence-corrected chi connectivity index (χ3v) is 7.51. The van der Waals surface area contributed by atoms with Crippen molar-refractivity contribution in [1.82, 2.24) is 4.90 Å². The lowest BCUT2D eigenvalue weighted by molar-refractivity contribution is -0.175. The second-order valence-corrected chi connectivity index (χ2v) is 8.37. The van der Waals surface area contributed by atoms with Gasteiger partial charge in [0.2, 0.25) is 5.91 Å². The van der Waals surface area contributed by atoms with Gasteiger partial charge in [-0.25, -0.2) is 0 Å². The minimum absolute atomic E-state index is 0.290. The highest BCUT2D eigenvalue weighted by Crippen LogP contribution is 2.57. The Kier molecular flexibility index (Phi) is 3.75. The first-order valence-corrected chi connectivity index (χ1v) is 9.54. The molecular formula is C19H31NO2. The van der Waals surface area contributed by atoms with Crippen LogP contribution in [-0.4, -0.2) is 36.6 Å². The molecule has 3 nitrogen and oxygen atoms in total. The van der Waals surface area contributed by atoms with Crippen LogP contribution in [0.3, 0.4) is 0 Å². The molecule has 0 unspecified atom stereocenters. The minimum Gasteiger partial charge on any atom is -0.378 e. The molecule has 4 fully saturated rings. The standard InChI is InChI=1S/C19H31NO2/c1-3-22-17-12-16(19(17)8-4-5-9-19)20(2)18(21)15-11-13-6-7-14(15)10-13/h13-17H,3-12H2,1-2H3/t13-,14-,15+,16-,17+/m0/s1. The summed E-state index contributed by atoms with van der Waals surface area (Å²) in [5.74, 6) is 2.35. The van der Waals surface area contributed by atoms with Crippen LogP contribution in [0.5, 0.6) is 0 Å². The molecule has 4 aliphatic rings. The molecule has 0 aromatic rings. The lowest BCUT2D eigenvalue weighted by atomic mass is 9.59. The first kappa shape index (κ1) is 15.0. The highest BCUT2D eigenvalue weighted by molar-refractivity contribution is 5.80. The van der Waals surface area contributed by atoms with Crippen LogP contribution in [-0.2, 0) is 9.53 Å². The van der Waals surface area contributed by atoms with Crippen LogP contribution in [0.25, 0.3) is 0 Å². The summed E-state index contributed by atoms with van der Waals surface area (Å²) in [6, 6.07) is 0.443. The Morgan fingerprint density at radius 3 is 2.55 bits per heavy atom. The van der Waals surface area contributed by atoms with Gasteiger partial charge in [-0.05, 0) is 57.3 Å². The topological polar surface area (TPSA) is 29.5 Å². The zero-order valence-corrected chi connectivity index (χ0v) is 14.2. The molecule has 0 aromatic heterocycles. The summed E-state index contributed by atoms with van der Waals surface area (Å²) < 4.78 is 6.01. The van der Waals surface area contributed by atoms with E-state index in [1.54, 1.807) is 0 Å². The SMILES string of the molecule is CCO[C@@H]1C[C@H](N(C)C(=O)[C@@H]2C[C@H]3CC[C@H]2C3)C12CCCC2. The van der Waals surface area contributed by atoms with Crippen molar-refractivity contribution >= 4 is 5.91 Å². The number of carbonyl (C=O) groups excluding carboxylic acids is 1. The van der Waals surface area contributed by atoms with Crippen molar-refractivity contribution < 1.29 is 9.53 Å². The van der Waals surface area contributed by atoms with E-state index < -0.39 is 0 Å². The zero-order valence-electron chi connectivity index (χ0n) is 14.2. The maximum atomic E-state index is 13.1. The lowest BCUT2D eigenvalue weighted by Gasteiger charge is -2.57. The lowest BCUT2D eigenvalue weighted by Crippen LogP contribution is -2.64. The Hall–Kier alpha value is -0.570. The van der Waals surface area contributed by atoms with E-state index in [2.05, 4.69) is 18.9 Å². The van der Waals surface area contributed by atoms with Gasteiger partial charge in [0.15, 0.2) is 0 Å². The monoisotopic (exact) mass is 305 g/mol. The molecular weight excluding hydrogens is 274 g/mol. The molecule has 0 aliphatic heterocycles. The van der Waals surface area contributed by atoms with E-state index in [1.165, 1.54) is 51.4 Å². The highest BCUT2D eigenvalue weighted by atomic mass is 16.5. The number of hydrogen-bond acceptors (Lipinski definition) is 2. The molecule has 4 saturated carbocycles. The van der Waals surface area contributed by atoms with Crippen LogP contribution in [0.2, 0.25) is 0 Å². The van der Waals surface area contributed by atoms with E-state index in [9.17, 15) is 4.79 Å². The number of carbonyl (C=O) groups is 1. The fraction of sp³-hybridized carbons (Fsp3) is 0.947. The minimum atomic E-state index is 0.290. The molecule has 22 heavy (non-hydrogen) atoms. The van der Waals surface area contributed by atoms with Gasteiger partial charge >= 0.3 is 0 Å². The molecule has 0 saturated heterocycles. The predicted octanol–water partition coefficient (Wildman–Crippen LogP) is 3.62. The summed E-state index contributed by atoms with van der Waals surface area (Å²) >= 11 is 0. The van der Waals surface area contributed by atoms with E-state index in [0.29, 0.717) is 29.9 Å².